The number of carbonyl (C=O) groups is 1. The Morgan fingerprint density at radius 3 is 2.88 bits per heavy atom. The van der Waals surface area contributed by atoms with Gasteiger partial charge in [0.05, 0.1) is 6.10 Å². The molecule has 0 unspecified atom stereocenters. The van der Waals surface area contributed by atoms with E-state index in [2.05, 4.69) is 10.5 Å². The van der Waals surface area contributed by atoms with Crippen LogP contribution in [0, 0.1) is 6.92 Å². The molecule has 1 fully saturated rings. The number of anilines is 1. The highest BCUT2D eigenvalue weighted by Gasteiger charge is 2.24. The van der Waals surface area contributed by atoms with E-state index in [0.717, 1.165) is 30.8 Å². The minimum atomic E-state index is -0.297. The second-order valence-electron chi connectivity index (χ2n) is 5.92. The van der Waals surface area contributed by atoms with E-state index in [1.165, 1.54) is 6.42 Å². The number of amides is 1. The summed E-state index contributed by atoms with van der Waals surface area (Å²) in [5.41, 5.74) is 0.982. The molecule has 3 rings (SSSR count). The normalized spacial score (nSPS) is 19.0. The number of thioether (sulfide) groups is 1. The molecule has 1 aromatic carbocycles. The molecule has 0 aliphatic carbocycles. The van der Waals surface area contributed by atoms with Gasteiger partial charge < -0.3 is 14.6 Å². The van der Waals surface area contributed by atoms with E-state index in [-0.39, 0.29) is 17.3 Å². The predicted molar refractivity (Wildman–Crippen MR) is 95.1 cm³/mol. The molecule has 24 heavy (non-hydrogen) atoms. The first-order valence-corrected chi connectivity index (χ1v) is 9.29. The number of ether oxygens (including phenoxy) is 1. The Morgan fingerprint density at radius 2 is 2.21 bits per heavy atom. The number of hydrogen-bond donors (Lipinski definition) is 1. The molecule has 0 radical (unpaired) electrons. The summed E-state index contributed by atoms with van der Waals surface area (Å²) in [6.07, 6.45) is 3.64. The van der Waals surface area contributed by atoms with Crippen molar-refractivity contribution in [2.75, 3.05) is 17.7 Å². The maximum Gasteiger partial charge on any atom is 0.243 e. The average molecular weight is 346 g/mol. The zero-order valence-electron chi connectivity index (χ0n) is 13.7. The Bertz CT molecular complexity index is 653. The van der Waals surface area contributed by atoms with Gasteiger partial charge in [0.15, 0.2) is 5.82 Å². The van der Waals surface area contributed by atoms with Crippen LogP contribution < -0.4 is 5.32 Å². The fourth-order valence-corrected chi connectivity index (χ4v) is 3.94. The van der Waals surface area contributed by atoms with Crippen molar-refractivity contribution in [3.63, 3.8) is 0 Å². The molecule has 0 spiro atoms. The molecule has 2 aromatic rings. The van der Waals surface area contributed by atoms with E-state index < -0.39 is 0 Å². The first kappa shape index (κ1) is 17.0. The minimum Gasteiger partial charge on any atom is -0.377 e. The lowest BCUT2D eigenvalue weighted by Crippen LogP contribution is -2.24. The zero-order valence-corrected chi connectivity index (χ0v) is 14.6. The number of nitrogens with zero attached hydrogens (tertiary/aromatic N) is 1. The Hall–Kier alpha value is -1.79. The first-order valence-electron chi connectivity index (χ1n) is 8.25. The molecule has 2 atom stereocenters. The molecule has 1 saturated heterocycles. The number of rotatable bonds is 6. The maximum atomic E-state index is 12.7. The summed E-state index contributed by atoms with van der Waals surface area (Å²) in [6.45, 7) is 2.62. The van der Waals surface area contributed by atoms with Crippen LogP contribution in [0.3, 0.4) is 0 Å². The van der Waals surface area contributed by atoms with Crippen molar-refractivity contribution in [2.24, 2.45) is 0 Å². The molecular formula is C18H22N2O3S. The topological polar surface area (TPSA) is 64.4 Å². The van der Waals surface area contributed by atoms with Gasteiger partial charge >= 0.3 is 0 Å². The third kappa shape index (κ3) is 4.61. The minimum absolute atomic E-state index is 0.0877. The number of nitrogens with one attached hydrogen (secondary N) is 1. The van der Waals surface area contributed by atoms with Crippen LogP contribution in [0.5, 0.6) is 0 Å². The first-order chi connectivity index (χ1) is 11.7. The predicted octanol–water partition coefficient (Wildman–Crippen LogP) is 3.97. The van der Waals surface area contributed by atoms with Gasteiger partial charge in [-0.15, -0.1) is 11.8 Å². The molecule has 1 N–H and O–H groups in total. The summed E-state index contributed by atoms with van der Waals surface area (Å²) in [5, 5.41) is 6.39. The third-order valence-electron chi connectivity index (χ3n) is 3.94. The molecule has 1 aromatic heterocycles. The summed E-state index contributed by atoms with van der Waals surface area (Å²) in [4.78, 5) is 12.7. The molecule has 0 bridgehead atoms. The van der Waals surface area contributed by atoms with Gasteiger partial charge in [-0.2, -0.15) is 0 Å². The van der Waals surface area contributed by atoms with Gasteiger partial charge in [-0.1, -0.05) is 35.5 Å². The van der Waals surface area contributed by atoms with Gasteiger partial charge in [0.1, 0.15) is 11.0 Å². The van der Waals surface area contributed by atoms with Gasteiger partial charge in [0.2, 0.25) is 5.91 Å². The number of benzene rings is 1. The van der Waals surface area contributed by atoms with Crippen LogP contribution in [0.25, 0.3) is 0 Å². The molecule has 1 amide bonds. The second kappa shape index (κ2) is 8.35. The van der Waals surface area contributed by atoms with Crippen LogP contribution >= 0.6 is 11.8 Å². The Balaban J connectivity index is 1.68. The molecular weight excluding hydrogens is 324 g/mol. The molecule has 1 aliphatic rings. The van der Waals surface area contributed by atoms with Crippen molar-refractivity contribution in [3.8, 4) is 0 Å². The fourth-order valence-electron chi connectivity index (χ4n) is 2.71. The summed E-state index contributed by atoms with van der Waals surface area (Å²) < 4.78 is 10.8. The molecule has 0 saturated carbocycles. The lowest BCUT2D eigenvalue weighted by molar-refractivity contribution is -0.115. The van der Waals surface area contributed by atoms with E-state index >= 15 is 0 Å². The Kier molecular flexibility index (Phi) is 5.93. The summed E-state index contributed by atoms with van der Waals surface area (Å²) in [6, 6.07) is 11.5. The van der Waals surface area contributed by atoms with Crippen molar-refractivity contribution in [2.45, 2.75) is 37.5 Å². The number of hydrogen-bond acceptors (Lipinski definition) is 5. The van der Waals surface area contributed by atoms with E-state index in [1.807, 2.05) is 30.3 Å². The fraction of sp³-hybridized carbons (Fsp3) is 0.444. The smallest absolute Gasteiger partial charge is 0.243 e. The average Bonchev–Trinajstić information content (AvgIpc) is 3.02. The Labute approximate surface area is 146 Å². The molecule has 5 nitrogen and oxygen atoms in total. The van der Waals surface area contributed by atoms with Crippen LogP contribution in [-0.4, -0.2) is 29.5 Å². The monoisotopic (exact) mass is 346 g/mol. The highest BCUT2D eigenvalue weighted by atomic mass is 32.2. The van der Waals surface area contributed by atoms with Crippen LogP contribution in [-0.2, 0) is 9.53 Å². The SMILES string of the molecule is Cc1cc(NC(=O)[C@H](SC[C@H]2CCCCO2)c2ccccc2)no1. The lowest BCUT2D eigenvalue weighted by atomic mass is 10.1. The van der Waals surface area contributed by atoms with Gasteiger partial charge in [-0.3, -0.25) is 4.79 Å². The summed E-state index contributed by atoms with van der Waals surface area (Å²) in [7, 11) is 0. The van der Waals surface area contributed by atoms with Gasteiger partial charge in [0, 0.05) is 18.4 Å². The van der Waals surface area contributed by atoms with Crippen LogP contribution in [0.4, 0.5) is 5.82 Å². The number of carbonyl (C=O) groups excluding carboxylic acids is 1. The van der Waals surface area contributed by atoms with Crippen LogP contribution in [0.2, 0.25) is 0 Å². The number of aromatic nitrogens is 1. The Morgan fingerprint density at radius 1 is 1.38 bits per heavy atom. The highest BCUT2D eigenvalue weighted by Crippen LogP contribution is 2.32. The summed E-state index contributed by atoms with van der Waals surface area (Å²) >= 11 is 1.62. The van der Waals surface area contributed by atoms with Gasteiger partial charge in [0.25, 0.3) is 0 Å². The van der Waals surface area contributed by atoms with Crippen molar-refractivity contribution in [1.82, 2.24) is 5.16 Å². The number of aryl methyl sites for hydroxylation is 1. The third-order valence-corrected chi connectivity index (χ3v) is 5.33. The van der Waals surface area contributed by atoms with Crippen molar-refractivity contribution >= 4 is 23.5 Å². The zero-order chi connectivity index (χ0) is 16.8. The van der Waals surface area contributed by atoms with Crippen LogP contribution in [0.1, 0.15) is 35.8 Å². The van der Waals surface area contributed by atoms with Gasteiger partial charge in [-0.05, 0) is 31.7 Å². The van der Waals surface area contributed by atoms with Crippen molar-refractivity contribution in [1.29, 1.82) is 0 Å². The second-order valence-corrected chi connectivity index (χ2v) is 7.06. The lowest BCUT2D eigenvalue weighted by Gasteiger charge is -2.24. The standard InChI is InChI=1S/C18H22N2O3S/c1-13-11-16(20-23-13)19-18(21)17(14-7-3-2-4-8-14)24-12-15-9-5-6-10-22-15/h2-4,7-8,11,15,17H,5-6,9-10,12H2,1H3,(H,19,20,21)/t15-,17-/m1/s1. The van der Waals surface area contributed by atoms with Gasteiger partial charge in [-0.25, -0.2) is 0 Å². The molecule has 6 heteroatoms. The van der Waals surface area contributed by atoms with Crippen molar-refractivity contribution < 1.29 is 14.1 Å². The summed E-state index contributed by atoms with van der Waals surface area (Å²) in [5.74, 6) is 1.85. The largest absolute Gasteiger partial charge is 0.377 e. The molecule has 1 aliphatic heterocycles. The van der Waals surface area contributed by atoms with E-state index in [9.17, 15) is 4.79 Å². The maximum absolute atomic E-state index is 12.7. The van der Waals surface area contributed by atoms with Crippen molar-refractivity contribution in [3.05, 3.63) is 47.7 Å². The van der Waals surface area contributed by atoms with E-state index in [1.54, 1.807) is 24.8 Å². The van der Waals surface area contributed by atoms with Crippen LogP contribution in [0.15, 0.2) is 40.9 Å². The highest BCUT2D eigenvalue weighted by molar-refractivity contribution is 8.00. The van der Waals surface area contributed by atoms with E-state index in [0.29, 0.717) is 11.6 Å². The molecule has 2 heterocycles. The molecule has 128 valence electrons. The quantitative estimate of drug-likeness (QED) is 0.857. The van der Waals surface area contributed by atoms with E-state index in [4.69, 9.17) is 9.26 Å².